The first kappa shape index (κ1) is 18.5. The summed E-state index contributed by atoms with van der Waals surface area (Å²) in [7, 11) is 1.63. The number of aryl methyl sites for hydroxylation is 1. The number of para-hydroxylation sites is 3. The number of fused-ring (bicyclic) bond motifs is 1. The summed E-state index contributed by atoms with van der Waals surface area (Å²) in [6, 6.07) is 15.7. The lowest BCUT2D eigenvalue weighted by Gasteiger charge is -2.13. The van der Waals surface area contributed by atoms with Gasteiger partial charge in [-0.05, 0) is 31.5 Å². The van der Waals surface area contributed by atoms with Gasteiger partial charge in [0.15, 0.2) is 0 Å². The number of hydrazine groups is 1. The van der Waals surface area contributed by atoms with Gasteiger partial charge >= 0.3 is 0 Å². The van der Waals surface area contributed by atoms with Gasteiger partial charge in [0.05, 0.1) is 18.1 Å². The number of aromatic nitrogens is 2. The second-order valence-corrected chi connectivity index (χ2v) is 7.06. The van der Waals surface area contributed by atoms with E-state index in [4.69, 9.17) is 4.74 Å². The predicted octanol–water partition coefficient (Wildman–Crippen LogP) is 1.90. The minimum Gasteiger partial charge on any atom is -0.496 e. The zero-order valence-electron chi connectivity index (χ0n) is 16.1. The Hall–Kier alpha value is -2.90. The zero-order chi connectivity index (χ0) is 19.5. The second kappa shape index (κ2) is 8.00. The van der Waals surface area contributed by atoms with Crippen LogP contribution in [0.15, 0.2) is 48.5 Å². The van der Waals surface area contributed by atoms with E-state index >= 15 is 0 Å². The van der Waals surface area contributed by atoms with Gasteiger partial charge in [-0.2, -0.15) is 0 Å². The van der Waals surface area contributed by atoms with Crippen LogP contribution in [-0.4, -0.2) is 34.7 Å². The largest absolute Gasteiger partial charge is 0.496 e. The number of methoxy groups -OCH3 is 1. The van der Waals surface area contributed by atoms with Crippen molar-refractivity contribution in [2.24, 2.45) is 0 Å². The van der Waals surface area contributed by atoms with Crippen LogP contribution >= 0.6 is 0 Å². The monoisotopic (exact) mass is 379 g/mol. The minimum atomic E-state index is -0.269. The molecule has 0 aliphatic carbocycles. The third-order valence-electron chi connectivity index (χ3n) is 5.19. The lowest BCUT2D eigenvalue weighted by Crippen LogP contribution is -2.43. The van der Waals surface area contributed by atoms with Crippen LogP contribution in [0.25, 0.3) is 11.0 Å². The van der Waals surface area contributed by atoms with Gasteiger partial charge in [0.25, 0.3) is 0 Å². The Morgan fingerprint density at radius 2 is 2.00 bits per heavy atom. The summed E-state index contributed by atoms with van der Waals surface area (Å²) in [6.07, 6.45) is 0.712. The number of hydrogen-bond acceptors (Lipinski definition) is 5. The summed E-state index contributed by atoms with van der Waals surface area (Å²) in [5.74, 6) is 1.74. The van der Waals surface area contributed by atoms with Crippen molar-refractivity contribution in [1.29, 1.82) is 0 Å². The molecule has 146 valence electrons. The standard InChI is InChI=1S/C21H25N5O2/c1-14-23-17-8-4-5-9-19(17)26(14)13-16-11-18(25-24-16)21(27)22-12-15-7-3-6-10-20(15)28-2/h3-10,16,18,24-25H,11-13H2,1-2H3,(H,22,27). The molecule has 1 amide bonds. The summed E-state index contributed by atoms with van der Waals surface area (Å²) in [6.45, 7) is 3.21. The molecule has 1 aliphatic heterocycles. The zero-order valence-corrected chi connectivity index (χ0v) is 16.1. The van der Waals surface area contributed by atoms with Gasteiger partial charge in [0, 0.05) is 24.7 Å². The molecule has 0 saturated carbocycles. The lowest BCUT2D eigenvalue weighted by atomic mass is 10.1. The van der Waals surface area contributed by atoms with Crippen LogP contribution in [0, 0.1) is 6.92 Å². The number of rotatable bonds is 6. The Morgan fingerprint density at radius 1 is 1.21 bits per heavy atom. The highest BCUT2D eigenvalue weighted by Gasteiger charge is 2.29. The molecule has 0 bridgehead atoms. The summed E-state index contributed by atoms with van der Waals surface area (Å²) in [5.41, 5.74) is 9.45. The number of ether oxygens (including phenoxy) is 1. The Morgan fingerprint density at radius 3 is 2.86 bits per heavy atom. The van der Waals surface area contributed by atoms with Gasteiger partial charge < -0.3 is 14.6 Å². The number of benzene rings is 2. The number of amides is 1. The van der Waals surface area contributed by atoms with E-state index in [1.54, 1.807) is 7.11 Å². The van der Waals surface area contributed by atoms with E-state index in [0.29, 0.717) is 13.0 Å². The molecule has 0 spiro atoms. The maximum Gasteiger partial charge on any atom is 0.238 e. The summed E-state index contributed by atoms with van der Waals surface area (Å²) in [5, 5.41) is 3.00. The molecule has 2 heterocycles. The van der Waals surface area contributed by atoms with Crippen LogP contribution in [0.1, 0.15) is 17.8 Å². The smallest absolute Gasteiger partial charge is 0.238 e. The van der Waals surface area contributed by atoms with Crippen molar-refractivity contribution in [3.63, 3.8) is 0 Å². The molecule has 7 nitrogen and oxygen atoms in total. The van der Waals surface area contributed by atoms with E-state index < -0.39 is 0 Å². The van der Waals surface area contributed by atoms with Crippen molar-refractivity contribution >= 4 is 16.9 Å². The summed E-state index contributed by atoms with van der Waals surface area (Å²) in [4.78, 5) is 17.2. The molecule has 2 unspecified atom stereocenters. The molecule has 4 rings (SSSR count). The molecule has 3 N–H and O–H groups in total. The van der Waals surface area contributed by atoms with E-state index in [2.05, 4.69) is 31.8 Å². The first-order valence-electron chi connectivity index (χ1n) is 9.48. The quantitative estimate of drug-likeness (QED) is 0.610. The van der Waals surface area contributed by atoms with E-state index in [-0.39, 0.29) is 18.0 Å². The van der Waals surface area contributed by atoms with Crippen LogP contribution in [0.5, 0.6) is 5.75 Å². The fourth-order valence-corrected chi connectivity index (χ4v) is 3.71. The highest BCUT2D eigenvalue weighted by Crippen LogP contribution is 2.19. The molecule has 1 fully saturated rings. The molecule has 1 aliphatic rings. The molecule has 7 heteroatoms. The molecule has 1 saturated heterocycles. The van der Waals surface area contributed by atoms with Crippen LogP contribution in [0.4, 0.5) is 0 Å². The van der Waals surface area contributed by atoms with Crippen molar-refractivity contribution < 1.29 is 9.53 Å². The fraction of sp³-hybridized carbons (Fsp3) is 0.333. The highest BCUT2D eigenvalue weighted by molar-refractivity contribution is 5.82. The third kappa shape index (κ3) is 3.72. The topological polar surface area (TPSA) is 80.2 Å². The predicted molar refractivity (Wildman–Crippen MR) is 108 cm³/mol. The van der Waals surface area contributed by atoms with Crippen molar-refractivity contribution in [2.45, 2.75) is 38.5 Å². The fourth-order valence-electron chi connectivity index (χ4n) is 3.71. The van der Waals surface area contributed by atoms with Gasteiger partial charge in [-0.3, -0.25) is 10.2 Å². The molecular formula is C21H25N5O2. The molecule has 0 radical (unpaired) electrons. The first-order chi connectivity index (χ1) is 13.7. The van der Waals surface area contributed by atoms with Gasteiger partial charge in [0.1, 0.15) is 17.6 Å². The van der Waals surface area contributed by atoms with Gasteiger partial charge in [-0.1, -0.05) is 30.3 Å². The van der Waals surface area contributed by atoms with E-state index in [0.717, 1.165) is 34.7 Å². The normalized spacial score (nSPS) is 19.1. The minimum absolute atomic E-state index is 0.0203. The average Bonchev–Trinajstić information content (AvgIpc) is 3.31. The van der Waals surface area contributed by atoms with Crippen molar-refractivity contribution in [3.8, 4) is 5.75 Å². The van der Waals surface area contributed by atoms with Gasteiger partial charge in [-0.15, -0.1) is 0 Å². The Bertz CT molecular complexity index is 984. The maximum absolute atomic E-state index is 12.6. The second-order valence-electron chi connectivity index (χ2n) is 7.06. The molecular weight excluding hydrogens is 354 g/mol. The number of nitrogens with one attached hydrogen (secondary N) is 3. The highest BCUT2D eigenvalue weighted by atomic mass is 16.5. The molecule has 2 atom stereocenters. The van der Waals surface area contributed by atoms with E-state index in [1.807, 2.05) is 49.4 Å². The number of carbonyl (C=O) groups is 1. The number of nitrogens with zero attached hydrogens (tertiary/aromatic N) is 2. The van der Waals surface area contributed by atoms with Gasteiger partial charge in [-0.25, -0.2) is 10.4 Å². The van der Waals surface area contributed by atoms with Crippen LogP contribution in [0.2, 0.25) is 0 Å². The molecule has 28 heavy (non-hydrogen) atoms. The van der Waals surface area contributed by atoms with Gasteiger partial charge in [0.2, 0.25) is 5.91 Å². The van der Waals surface area contributed by atoms with E-state index in [1.165, 1.54) is 0 Å². The van der Waals surface area contributed by atoms with Crippen LogP contribution < -0.4 is 20.9 Å². The van der Waals surface area contributed by atoms with Crippen LogP contribution in [-0.2, 0) is 17.9 Å². The first-order valence-corrected chi connectivity index (χ1v) is 9.48. The molecule has 3 aromatic rings. The number of imidazole rings is 1. The molecule has 2 aromatic carbocycles. The Labute approximate surface area is 164 Å². The summed E-state index contributed by atoms with van der Waals surface area (Å²) < 4.78 is 7.54. The number of carbonyl (C=O) groups excluding carboxylic acids is 1. The Balaban J connectivity index is 1.36. The average molecular weight is 379 g/mol. The summed E-state index contributed by atoms with van der Waals surface area (Å²) >= 11 is 0. The van der Waals surface area contributed by atoms with Crippen molar-refractivity contribution in [3.05, 3.63) is 59.9 Å². The Kier molecular flexibility index (Phi) is 5.27. The molecule has 1 aromatic heterocycles. The van der Waals surface area contributed by atoms with Crippen molar-refractivity contribution in [1.82, 2.24) is 25.7 Å². The third-order valence-corrected chi connectivity index (χ3v) is 5.19. The maximum atomic E-state index is 12.6. The van der Waals surface area contributed by atoms with Crippen LogP contribution in [0.3, 0.4) is 0 Å². The number of hydrogen-bond donors (Lipinski definition) is 3. The lowest BCUT2D eigenvalue weighted by molar-refractivity contribution is -0.123. The van der Waals surface area contributed by atoms with Crippen molar-refractivity contribution in [2.75, 3.05) is 7.11 Å². The SMILES string of the molecule is COc1ccccc1CNC(=O)C1CC(Cn2c(C)nc3ccccc32)NN1. The van der Waals surface area contributed by atoms with E-state index in [9.17, 15) is 4.79 Å².